The van der Waals surface area contributed by atoms with Crippen molar-refractivity contribution in [2.45, 2.75) is 13.2 Å². The number of carbonyl (C=O) groups excluding carboxylic acids is 1. The van der Waals surface area contributed by atoms with Crippen LogP contribution in [0.15, 0.2) is 76.0 Å². The molecule has 0 unspecified atom stereocenters. The van der Waals surface area contributed by atoms with Gasteiger partial charge in [-0.15, -0.1) is 0 Å². The number of rotatable bonds is 7. The lowest BCUT2D eigenvalue weighted by Crippen LogP contribution is -2.24. The van der Waals surface area contributed by atoms with Gasteiger partial charge in [-0.1, -0.05) is 58.7 Å². The van der Waals surface area contributed by atoms with E-state index in [1.54, 1.807) is 54.6 Å². The number of nitrogens with one attached hydrogen (secondary N) is 2. The summed E-state index contributed by atoms with van der Waals surface area (Å²) in [4.78, 5) is 26.4. The maximum Gasteiger partial charge on any atom is 0.439 e. The summed E-state index contributed by atoms with van der Waals surface area (Å²) in [7, 11) is 0. The molecule has 0 aliphatic heterocycles. The molecule has 1 amide bonds. The van der Waals surface area contributed by atoms with Crippen LogP contribution >= 0.6 is 23.2 Å². The molecule has 0 atom stereocenters. The lowest BCUT2D eigenvalue weighted by atomic mass is 10.1. The first kappa shape index (κ1) is 21.7. The van der Waals surface area contributed by atoms with Crippen LogP contribution in [0, 0.1) is 0 Å². The molecule has 0 saturated carbocycles. The van der Waals surface area contributed by atoms with Gasteiger partial charge in [0.15, 0.2) is 5.82 Å². The molecule has 1 aromatic heterocycles. The summed E-state index contributed by atoms with van der Waals surface area (Å²) in [5.74, 6) is 0.0971. The van der Waals surface area contributed by atoms with Crippen LogP contribution in [0.3, 0.4) is 0 Å². The van der Waals surface area contributed by atoms with Gasteiger partial charge in [0, 0.05) is 33.3 Å². The Morgan fingerprint density at radius 3 is 2.41 bits per heavy atom. The predicted octanol–water partition coefficient (Wildman–Crippen LogP) is 4.85. The average Bonchev–Trinajstić information content (AvgIpc) is 3.24. The van der Waals surface area contributed by atoms with Crippen LogP contribution in [0.2, 0.25) is 10.0 Å². The van der Waals surface area contributed by atoms with Crippen molar-refractivity contribution in [1.82, 2.24) is 15.5 Å². The predicted molar refractivity (Wildman–Crippen MR) is 121 cm³/mol. The second-order valence-electron chi connectivity index (χ2n) is 6.87. The number of H-pyrrole nitrogens is 1. The molecule has 0 saturated heterocycles. The molecular formula is C23H17Cl2N3O4. The molecule has 0 radical (unpaired) electrons. The number of aromatic nitrogens is 2. The minimum atomic E-state index is -0.617. The van der Waals surface area contributed by atoms with Crippen LogP contribution in [0.4, 0.5) is 0 Å². The van der Waals surface area contributed by atoms with Crippen molar-refractivity contribution < 1.29 is 14.1 Å². The average molecular weight is 470 g/mol. The molecule has 0 bridgehead atoms. The van der Waals surface area contributed by atoms with Gasteiger partial charge in [-0.3, -0.25) is 14.3 Å². The Bertz CT molecular complexity index is 1280. The topological polar surface area (TPSA) is 97.2 Å². The molecular weight excluding hydrogens is 453 g/mol. The maximum atomic E-state index is 12.8. The molecule has 32 heavy (non-hydrogen) atoms. The van der Waals surface area contributed by atoms with E-state index in [1.807, 2.05) is 12.1 Å². The van der Waals surface area contributed by atoms with E-state index in [1.165, 1.54) is 0 Å². The van der Waals surface area contributed by atoms with Gasteiger partial charge in [0.05, 0.1) is 0 Å². The van der Waals surface area contributed by atoms with Crippen molar-refractivity contribution >= 4 is 29.1 Å². The maximum absolute atomic E-state index is 12.8. The summed E-state index contributed by atoms with van der Waals surface area (Å²) in [6, 6.07) is 19.3. The molecule has 162 valence electrons. The summed E-state index contributed by atoms with van der Waals surface area (Å²) in [5.41, 5.74) is 2.70. The third-order valence-electron chi connectivity index (χ3n) is 4.65. The molecule has 0 spiro atoms. The van der Waals surface area contributed by atoms with Crippen LogP contribution in [0.1, 0.15) is 21.5 Å². The summed E-state index contributed by atoms with van der Waals surface area (Å²) in [6.07, 6.45) is 0. The molecule has 0 fully saturated rings. The van der Waals surface area contributed by atoms with Crippen LogP contribution in [0.5, 0.6) is 5.75 Å². The van der Waals surface area contributed by atoms with Gasteiger partial charge in [0.1, 0.15) is 12.4 Å². The zero-order valence-electron chi connectivity index (χ0n) is 16.6. The Morgan fingerprint density at radius 1 is 1.00 bits per heavy atom. The van der Waals surface area contributed by atoms with Crippen molar-refractivity contribution in [2.24, 2.45) is 0 Å². The Morgan fingerprint density at radius 2 is 1.72 bits per heavy atom. The quantitative estimate of drug-likeness (QED) is 0.403. The van der Waals surface area contributed by atoms with E-state index in [0.717, 1.165) is 5.56 Å². The fraction of sp³-hybridized carbons (Fsp3) is 0.0870. The summed E-state index contributed by atoms with van der Waals surface area (Å²) in [6.45, 7) is 0.505. The van der Waals surface area contributed by atoms with Gasteiger partial charge in [0.2, 0.25) is 0 Å². The molecule has 4 rings (SSSR count). The normalized spacial score (nSPS) is 10.7. The Hall–Kier alpha value is -3.55. The molecule has 4 aromatic rings. The van der Waals surface area contributed by atoms with E-state index in [0.29, 0.717) is 44.9 Å². The first-order valence-corrected chi connectivity index (χ1v) is 10.3. The highest BCUT2D eigenvalue weighted by molar-refractivity contribution is 6.31. The van der Waals surface area contributed by atoms with Gasteiger partial charge in [-0.05, 0) is 42.0 Å². The largest absolute Gasteiger partial charge is 0.489 e. The zero-order valence-corrected chi connectivity index (χ0v) is 18.1. The summed E-state index contributed by atoms with van der Waals surface area (Å²) >= 11 is 12.0. The number of aromatic amines is 1. The Kier molecular flexibility index (Phi) is 6.58. The van der Waals surface area contributed by atoms with Crippen molar-refractivity contribution in [3.63, 3.8) is 0 Å². The molecule has 9 heteroatoms. The summed E-state index contributed by atoms with van der Waals surface area (Å²) in [5, 5.41) is 7.61. The van der Waals surface area contributed by atoms with Crippen molar-refractivity contribution in [1.29, 1.82) is 0 Å². The Balaban J connectivity index is 1.41. The summed E-state index contributed by atoms with van der Waals surface area (Å²) < 4.78 is 10.3. The van der Waals surface area contributed by atoms with Crippen LogP contribution in [-0.2, 0) is 13.2 Å². The number of hydrogen-bond acceptors (Lipinski definition) is 5. The number of halogens is 2. The Labute approximate surface area is 192 Å². The van der Waals surface area contributed by atoms with Gasteiger partial charge in [-0.2, -0.15) is 0 Å². The highest BCUT2D eigenvalue weighted by Gasteiger charge is 2.13. The third kappa shape index (κ3) is 5.38. The highest BCUT2D eigenvalue weighted by Crippen LogP contribution is 2.21. The zero-order chi connectivity index (χ0) is 22.5. The van der Waals surface area contributed by atoms with E-state index in [9.17, 15) is 9.59 Å². The number of nitrogens with zero attached hydrogens (tertiary/aromatic N) is 1. The van der Waals surface area contributed by atoms with Crippen LogP contribution in [-0.4, -0.2) is 16.0 Å². The van der Waals surface area contributed by atoms with E-state index in [-0.39, 0.29) is 12.5 Å². The smallest absolute Gasteiger partial charge is 0.439 e. The SMILES string of the molecule is O=C(NCc1ccc(-c2noc(=O)[nH]2)cc1)c1cc(Cl)ccc1COc1ccc(Cl)cc1. The van der Waals surface area contributed by atoms with Gasteiger partial charge in [-0.25, -0.2) is 4.79 Å². The minimum Gasteiger partial charge on any atom is -0.489 e. The van der Waals surface area contributed by atoms with Crippen molar-refractivity contribution in [3.8, 4) is 17.1 Å². The van der Waals surface area contributed by atoms with E-state index >= 15 is 0 Å². The number of benzene rings is 3. The number of carbonyl (C=O) groups is 1. The van der Waals surface area contributed by atoms with Gasteiger partial charge in [0.25, 0.3) is 5.91 Å². The van der Waals surface area contributed by atoms with E-state index in [4.69, 9.17) is 27.9 Å². The first-order valence-electron chi connectivity index (χ1n) is 9.58. The lowest BCUT2D eigenvalue weighted by molar-refractivity contribution is 0.0948. The van der Waals surface area contributed by atoms with Gasteiger partial charge < -0.3 is 10.1 Å². The first-order chi connectivity index (χ1) is 15.5. The fourth-order valence-corrected chi connectivity index (χ4v) is 3.29. The second kappa shape index (κ2) is 9.72. The van der Waals surface area contributed by atoms with E-state index in [2.05, 4.69) is 20.0 Å². The minimum absolute atomic E-state index is 0.201. The highest BCUT2D eigenvalue weighted by atomic mass is 35.5. The van der Waals surface area contributed by atoms with Gasteiger partial charge >= 0.3 is 5.76 Å². The lowest BCUT2D eigenvalue weighted by Gasteiger charge is -2.12. The van der Waals surface area contributed by atoms with Crippen LogP contribution < -0.4 is 15.8 Å². The van der Waals surface area contributed by atoms with Crippen molar-refractivity contribution in [2.75, 3.05) is 0 Å². The number of amides is 1. The monoisotopic (exact) mass is 469 g/mol. The molecule has 1 heterocycles. The number of ether oxygens (including phenoxy) is 1. The fourth-order valence-electron chi connectivity index (χ4n) is 2.99. The standard InChI is InChI=1S/C23H17Cl2N3O4/c24-17-7-9-19(10-8-17)31-13-16-5-6-18(25)11-20(16)22(29)26-12-14-1-3-15(4-2-14)21-27-23(30)32-28-21/h1-11H,12-13H2,(H,26,29)(H,27,28,30). The van der Waals surface area contributed by atoms with Crippen LogP contribution in [0.25, 0.3) is 11.4 Å². The van der Waals surface area contributed by atoms with Crippen molar-refractivity contribution in [3.05, 3.63) is 104 Å². The molecule has 2 N–H and O–H groups in total. The second-order valence-corrected chi connectivity index (χ2v) is 7.74. The molecule has 0 aliphatic carbocycles. The molecule has 7 nitrogen and oxygen atoms in total. The van der Waals surface area contributed by atoms with E-state index < -0.39 is 5.76 Å². The molecule has 3 aromatic carbocycles. The molecule has 0 aliphatic rings. The number of hydrogen-bond donors (Lipinski definition) is 2. The third-order valence-corrected chi connectivity index (χ3v) is 5.13.